The fraction of sp³-hybridized carbons (Fsp3) is 0.500. The molecule has 2 aromatic heterocycles. The first-order chi connectivity index (χ1) is 12.6. The van der Waals surface area contributed by atoms with Gasteiger partial charge in [-0.15, -0.1) is 0 Å². The maximum atomic E-state index is 11.0. The quantitative estimate of drug-likeness (QED) is 0.371. The summed E-state index contributed by atoms with van der Waals surface area (Å²) in [6.07, 6.45) is 3.47. The summed E-state index contributed by atoms with van der Waals surface area (Å²) in [7, 11) is -6.92. The molecule has 0 unspecified atom stereocenters. The normalized spacial score (nSPS) is 23.8. The third-order valence-electron chi connectivity index (χ3n) is 3.80. The van der Waals surface area contributed by atoms with Crippen LogP contribution in [-0.2, 0) is 18.3 Å². The standard InChI is InChI=1S/C12H19N5O8P2/c1-13-11-10-12(15-5-14-11)17(6-16-10)9-3-7(25-26(2,18)19)8(24-9)4-23-27(20,21)22/h5-9,18-19H,2-4H2,1H3,(H,13,14,15)(H2,20,21,22)/t7-,8+,9+/m0/s1. The minimum absolute atomic E-state index is 0.123. The molecule has 3 rings (SSSR count). The molecule has 0 saturated carbocycles. The van der Waals surface area contributed by atoms with Gasteiger partial charge in [0.25, 0.3) is 0 Å². The van der Waals surface area contributed by atoms with Crippen LogP contribution in [0.2, 0.25) is 0 Å². The van der Waals surface area contributed by atoms with Gasteiger partial charge < -0.3 is 34.2 Å². The number of imidazole rings is 1. The van der Waals surface area contributed by atoms with E-state index in [1.54, 1.807) is 11.6 Å². The number of nitrogens with zero attached hydrogens (tertiary/aromatic N) is 4. The first-order valence-corrected chi connectivity index (χ1v) is 11.0. The molecule has 0 amide bonds. The number of ether oxygens (including phenoxy) is 1. The molecule has 1 saturated heterocycles. The van der Waals surface area contributed by atoms with Gasteiger partial charge in [0.2, 0.25) is 7.57 Å². The van der Waals surface area contributed by atoms with Gasteiger partial charge >= 0.3 is 7.82 Å². The average Bonchev–Trinajstić information content (AvgIpc) is 3.14. The number of fused-ring (bicyclic) bond motifs is 1. The predicted molar refractivity (Wildman–Crippen MR) is 94.7 cm³/mol. The number of hydrogen-bond acceptors (Lipinski definition) is 10. The Balaban J connectivity index is 1.86. The fourth-order valence-corrected chi connectivity index (χ4v) is 3.76. The minimum Gasteiger partial charge on any atom is -0.371 e. The second kappa shape index (κ2) is 7.55. The molecule has 1 aliphatic heterocycles. The van der Waals surface area contributed by atoms with Crippen LogP contribution < -0.4 is 5.32 Å². The summed E-state index contributed by atoms with van der Waals surface area (Å²) in [6.45, 7) is -0.519. The molecule has 3 heterocycles. The van der Waals surface area contributed by atoms with Crippen molar-refractivity contribution in [3.63, 3.8) is 0 Å². The molecule has 15 heteroatoms. The average molecular weight is 423 g/mol. The van der Waals surface area contributed by atoms with Crippen LogP contribution in [0.4, 0.5) is 5.82 Å². The van der Waals surface area contributed by atoms with Gasteiger partial charge in [0, 0.05) is 13.5 Å². The zero-order valence-electron chi connectivity index (χ0n) is 14.1. The van der Waals surface area contributed by atoms with Crippen molar-refractivity contribution in [1.29, 1.82) is 0 Å². The van der Waals surface area contributed by atoms with Crippen molar-refractivity contribution in [3.05, 3.63) is 12.7 Å². The Morgan fingerprint density at radius 3 is 2.74 bits per heavy atom. The van der Waals surface area contributed by atoms with Crippen LogP contribution in [0.3, 0.4) is 0 Å². The van der Waals surface area contributed by atoms with E-state index < -0.39 is 40.4 Å². The van der Waals surface area contributed by atoms with E-state index in [0.717, 1.165) is 0 Å². The van der Waals surface area contributed by atoms with Crippen molar-refractivity contribution in [2.24, 2.45) is 0 Å². The van der Waals surface area contributed by atoms with Crippen LogP contribution in [0, 0.1) is 0 Å². The third kappa shape index (κ3) is 4.91. The fourth-order valence-electron chi connectivity index (χ4n) is 2.77. The van der Waals surface area contributed by atoms with Crippen LogP contribution in [0.25, 0.3) is 11.2 Å². The minimum atomic E-state index is -4.74. The monoisotopic (exact) mass is 423 g/mol. The van der Waals surface area contributed by atoms with E-state index in [-0.39, 0.29) is 6.42 Å². The van der Waals surface area contributed by atoms with Crippen molar-refractivity contribution in [2.75, 3.05) is 19.0 Å². The molecule has 150 valence electrons. The molecule has 2 aromatic rings. The Morgan fingerprint density at radius 2 is 2.11 bits per heavy atom. The van der Waals surface area contributed by atoms with Crippen molar-refractivity contribution in [2.45, 2.75) is 24.9 Å². The van der Waals surface area contributed by atoms with E-state index in [2.05, 4.69) is 31.1 Å². The highest BCUT2D eigenvalue weighted by Gasteiger charge is 2.41. The lowest BCUT2D eigenvalue weighted by Crippen LogP contribution is -2.28. The first-order valence-electron chi connectivity index (χ1n) is 7.65. The summed E-state index contributed by atoms with van der Waals surface area (Å²) in [5, 5.41) is 2.89. The SMILES string of the molecule is C=P(O)(O)O[C@H]1C[C@H](n2cnc3c(NC)ncnc32)O[C@@H]1COP(=O)(O)O. The molecular weight excluding hydrogens is 404 g/mol. The highest BCUT2D eigenvalue weighted by molar-refractivity contribution is 7.57. The number of phosphoric acid groups is 1. The van der Waals surface area contributed by atoms with Gasteiger partial charge in [-0.1, -0.05) is 0 Å². The van der Waals surface area contributed by atoms with Gasteiger partial charge in [-0.25, -0.2) is 19.5 Å². The molecule has 0 spiro atoms. The molecule has 0 bridgehead atoms. The lowest BCUT2D eigenvalue weighted by Gasteiger charge is -2.21. The Bertz CT molecular complexity index is 910. The van der Waals surface area contributed by atoms with Gasteiger partial charge in [-0.3, -0.25) is 9.09 Å². The highest BCUT2D eigenvalue weighted by atomic mass is 31.2. The zero-order chi connectivity index (χ0) is 19.8. The summed E-state index contributed by atoms with van der Waals surface area (Å²) in [5.41, 5.74) is 0.956. The van der Waals surface area contributed by atoms with Crippen LogP contribution in [0.15, 0.2) is 12.7 Å². The molecule has 1 aliphatic rings. The maximum absolute atomic E-state index is 11.0. The lowest BCUT2D eigenvalue weighted by molar-refractivity contribution is -0.0399. The van der Waals surface area contributed by atoms with E-state index in [1.165, 1.54) is 12.7 Å². The van der Waals surface area contributed by atoms with Gasteiger partial charge in [0.15, 0.2) is 11.5 Å². The van der Waals surface area contributed by atoms with E-state index in [0.29, 0.717) is 17.0 Å². The van der Waals surface area contributed by atoms with Crippen molar-refractivity contribution in [3.8, 4) is 0 Å². The van der Waals surface area contributed by atoms with Crippen molar-refractivity contribution >= 4 is 38.7 Å². The third-order valence-corrected chi connectivity index (χ3v) is 4.89. The van der Waals surface area contributed by atoms with Crippen LogP contribution in [0.1, 0.15) is 12.6 Å². The number of rotatable bonds is 7. The summed E-state index contributed by atoms with van der Waals surface area (Å²) < 4.78 is 27.9. The van der Waals surface area contributed by atoms with Crippen LogP contribution in [-0.4, -0.2) is 71.3 Å². The number of aromatic nitrogens is 4. The largest absolute Gasteiger partial charge is 0.469 e. The van der Waals surface area contributed by atoms with E-state index in [9.17, 15) is 14.4 Å². The lowest BCUT2D eigenvalue weighted by atomic mass is 10.2. The molecule has 3 atom stereocenters. The molecule has 0 radical (unpaired) electrons. The highest BCUT2D eigenvalue weighted by Crippen LogP contribution is 2.45. The van der Waals surface area contributed by atoms with Gasteiger partial charge in [-0.05, 0) is 6.30 Å². The van der Waals surface area contributed by atoms with Crippen LogP contribution >= 0.6 is 15.4 Å². The Labute approximate surface area is 153 Å². The van der Waals surface area contributed by atoms with Crippen LogP contribution in [0.5, 0.6) is 0 Å². The Kier molecular flexibility index (Phi) is 5.69. The molecule has 0 aliphatic carbocycles. The summed E-state index contributed by atoms with van der Waals surface area (Å²) in [5.74, 6) is 0.513. The molecular formula is C12H19N5O8P2. The predicted octanol–water partition coefficient (Wildman–Crippen LogP) is -0.171. The second-order valence-electron chi connectivity index (χ2n) is 5.76. The van der Waals surface area contributed by atoms with E-state index in [1.807, 2.05) is 0 Å². The number of nitrogens with one attached hydrogen (secondary N) is 1. The summed E-state index contributed by atoms with van der Waals surface area (Å²) in [6, 6.07) is 0. The van der Waals surface area contributed by atoms with Gasteiger partial charge in [0.05, 0.1) is 19.0 Å². The summed E-state index contributed by atoms with van der Waals surface area (Å²) >= 11 is 0. The zero-order valence-corrected chi connectivity index (χ0v) is 15.9. The smallest absolute Gasteiger partial charge is 0.371 e. The molecule has 1 fully saturated rings. The molecule has 0 aromatic carbocycles. The maximum Gasteiger partial charge on any atom is 0.469 e. The van der Waals surface area contributed by atoms with Crippen molar-refractivity contribution < 1.29 is 37.9 Å². The Hall–Kier alpha value is -1.40. The summed E-state index contributed by atoms with van der Waals surface area (Å²) in [4.78, 5) is 49.3. The van der Waals surface area contributed by atoms with Gasteiger partial charge in [0.1, 0.15) is 24.2 Å². The van der Waals surface area contributed by atoms with E-state index in [4.69, 9.17) is 19.0 Å². The first kappa shape index (κ1) is 20.3. The molecule has 13 nitrogen and oxygen atoms in total. The van der Waals surface area contributed by atoms with Gasteiger partial charge in [-0.2, -0.15) is 0 Å². The number of hydrogen-bond donors (Lipinski definition) is 5. The molecule has 27 heavy (non-hydrogen) atoms. The van der Waals surface area contributed by atoms with E-state index >= 15 is 0 Å². The number of anilines is 1. The second-order valence-corrected chi connectivity index (χ2v) is 8.54. The topological polar surface area (TPSA) is 181 Å². The van der Waals surface area contributed by atoms with Crippen molar-refractivity contribution in [1.82, 2.24) is 19.5 Å². The number of phosphoric ester groups is 1. The Morgan fingerprint density at radius 1 is 1.37 bits per heavy atom. The molecule has 5 N–H and O–H groups in total.